The smallest absolute Gasteiger partial charge is 0.230 e. The number of fused-ring (bicyclic) bond motifs is 1. The fourth-order valence-electron chi connectivity index (χ4n) is 4.47. The normalized spacial score (nSPS) is 15.8. The number of aliphatic hydroxyl groups excluding tert-OH is 1. The Morgan fingerprint density at radius 3 is 2.91 bits per heavy atom. The molecule has 0 saturated heterocycles. The van der Waals surface area contributed by atoms with Crippen LogP contribution in [0.15, 0.2) is 59.5 Å². The maximum atomic E-state index is 13.9. The van der Waals surface area contributed by atoms with Crippen LogP contribution in [0.3, 0.4) is 0 Å². The lowest BCUT2D eigenvalue weighted by Crippen LogP contribution is -2.44. The first-order valence-electron chi connectivity index (χ1n) is 11.2. The van der Waals surface area contributed by atoms with Crippen LogP contribution >= 0.6 is 11.6 Å². The quantitative estimate of drug-likeness (QED) is 0.368. The van der Waals surface area contributed by atoms with Gasteiger partial charge in [0.2, 0.25) is 5.88 Å². The van der Waals surface area contributed by atoms with E-state index in [0.717, 1.165) is 27.9 Å². The molecule has 182 valence electrons. The monoisotopic (exact) mass is 497 g/mol. The Bertz CT molecular complexity index is 1310. The minimum absolute atomic E-state index is 0.0825. The average molecular weight is 498 g/mol. The van der Waals surface area contributed by atoms with E-state index >= 15 is 0 Å². The molecular weight excluding hydrogens is 473 g/mol. The summed E-state index contributed by atoms with van der Waals surface area (Å²) in [5, 5.41) is 17.0. The number of ether oxygens (including phenoxy) is 1. The van der Waals surface area contributed by atoms with Crippen molar-refractivity contribution in [2.45, 2.75) is 32.3 Å². The molecule has 0 spiro atoms. The van der Waals surface area contributed by atoms with Gasteiger partial charge in [0.15, 0.2) is 0 Å². The average Bonchev–Trinajstić information content (AvgIpc) is 3.50. The van der Waals surface area contributed by atoms with Crippen molar-refractivity contribution in [3.8, 4) is 11.1 Å². The number of methoxy groups -OCH3 is 1. The van der Waals surface area contributed by atoms with Crippen molar-refractivity contribution in [1.82, 2.24) is 19.6 Å². The van der Waals surface area contributed by atoms with Gasteiger partial charge in [0.05, 0.1) is 30.5 Å². The van der Waals surface area contributed by atoms with Gasteiger partial charge in [-0.25, -0.2) is 9.37 Å². The predicted molar refractivity (Wildman–Crippen MR) is 130 cm³/mol. The Kier molecular flexibility index (Phi) is 6.83. The van der Waals surface area contributed by atoms with Gasteiger partial charge in [0, 0.05) is 62.0 Å². The lowest BCUT2D eigenvalue weighted by atomic mass is 10.0. The van der Waals surface area contributed by atoms with Gasteiger partial charge in [0.25, 0.3) is 0 Å². The number of anilines is 2. The molecular formula is C25H25ClFN5O3. The molecule has 1 aliphatic rings. The largest absolute Gasteiger partial charge is 0.392 e. The number of aliphatic hydroxyl groups is 1. The van der Waals surface area contributed by atoms with E-state index in [-0.39, 0.29) is 18.5 Å². The molecule has 0 radical (unpaired) electrons. The maximum absolute atomic E-state index is 13.9. The van der Waals surface area contributed by atoms with Crippen molar-refractivity contribution in [2.24, 2.45) is 0 Å². The van der Waals surface area contributed by atoms with Crippen LogP contribution in [-0.4, -0.2) is 44.5 Å². The number of rotatable bonds is 8. The summed E-state index contributed by atoms with van der Waals surface area (Å²) < 4.78 is 26.7. The lowest BCUT2D eigenvalue weighted by molar-refractivity contribution is 0.0536. The van der Waals surface area contributed by atoms with Gasteiger partial charge in [-0.15, -0.1) is 0 Å². The zero-order valence-corrected chi connectivity index (χ0v) is 19.9. The zero-order valence-electron chi connectivity index (χ0n) is 19.1. The highest BCUT2D eigenvalue weighted by molar-refractivity contribution is 6.33. The van der Waals surface area contributed by atoms with E-state index in [4.69, 9.17) is 20.9 Å². The number of nitrogens with one attached hydrogen (secondary N) is 1. The van der Waals surface area contributed by atoms with E-state index in [1.807, 2.05) is 6.07 Å². The van der Waals surface area contributed by atoms with Crippen LogP contribution in [0.5, 0.6) is 0 Å². The zero-order chi connectivity index (χ0) is 24.4. The first-order valence-corrected chi connectivity index (χ1v) is 11.6. The number of benzene rings is 1. The van der Waals surface area contributed by atoms with E-state index in [0.29, 0.717) is 43.0 Å². The van der Waals surface area contributed by atoms with Crippen molar-refractivity contribution in [3.63, 3.8) is 0 Å². The van der Waals surface area contributed by atoms with E-state index in [9.17, 15) is 9.50 Å². The van der Waals surface area contributed by atoms with Crippen LogP contribution in [0.25, 0.3) is 11.1 Å². The second kappa shape index (κ2) is 10.2. The minimum Gasteiger partial charge on any atom is -0.392 e. The summed E-state index contributed by atoms with van der Waals surface area (Å²) in [4.78, 5) is 6.58. The van der Waals surface area contributed by atoms with Crippen molar-refractivity contribution in [3.05, 3.63) is 82.6 Å². The van der Waals surface area contributed by atoms with E-state index in [1.54, 1.807) is 31.6 Å². The van der Waals surface area contributed by atoms with Crippen LogP contribution in [0.2, 0.25) is 5.02 Å². The molecule has 0 amide bonds. The first kappa shape index (κ1) is 23.5. The molecule has 2 N–H and O–H groups in total. The number of hydrogen-bond donors (Lipinski definition) is 2. The summed E-state index contributed by atoms with van der Waals surface area (Å²) in [6.45, 7) is 2.24. The van der Waals surface area contributed by atoms with Gasteiger partial charge >= 0.3 is 0 Å². The number of pyridine rings is 1. The van der Waals surface area contributed by atoms with E-state index in [1.165, 1.54) is 12.1 Å². The maximum Gasteiger partial charge on any atom is 0.230 e. The summed E-state index contributed by atoms with van der Waals surface area (Å²) in [5.74, 6) is 0.761. The highest BCUT2D eigenvalue weighted by Gasteiger charge is 2.28. The number of nitrogens with zero attached hydrogens (tertiary/aromatic N) is 4. The van der Waals surface area contributed by atoms with Crippen LogP contribution in [0.1, 0.15) is 16.8 Å². The van der Waals surface area contributed by atoms with Crippen molar-refractivity contribution < 1.29 is 18.8 Å². The van der Waals surface area contributed by atoms with Gasteiger partial charge < -0.3 is 24.3 Å². The SMILES string of the molecule is COC[C@H]1Cn2cc(-c3cc(Nc4ccno4)ncc3Cl)cc2CN1Cc1cc(F)ccc1CO. The predicted octanol–water partition coefficient (Wildman–Crippen LogP) is 4.60. The molecule has 0 bridgehead atoms. The number of hydrogen-bond acceptors (Lipinski definition) is 7. The van der Waals surface area contributed by atoms with Gasteiger partial charge in [0.1, 0.15) is 11.6 Å². The molecule has 8 nitrogen and oxygen atoms in total. The summed E-state index contributed by atoms with van der Waals surface area (Å²) in [6.07, 6.45) is 5.24. The summed E-state index contributed by atoms with van der Waals surface area (Å²) in [7, 11) is 1.68. The summed E-state index contributed by atoms with van der Waals surface area (Å²) in [6, 6.07) is 10.3. The third-order valence-corrected chi connectivity index (χ3v) is 6.50. The standard InChI is InChI=1S/C25H25ClFN5O3/c1-34-15-21-13-31-11-18(22-8-24(28-9-23(22)26)30-25-4-5-29-35-25)7-20(31)12-32(21)10-17-6-19(27)3-2-16(17)14-33/h2-9,11,21,33H,10,12-15H2,1H3,(H,28,30)/t21-/m1/s1. The van der Waals surface area contributed by atoms with Gasteiger partial charge in [-0.1, -0.05) is 22.8 Å². The highest BCUT2D eigenvalue weighted by Crippen LogP contribution is 2.34. The summed E-state index contributed by atoms with van der Waals surface area (Å²) in [5.41, 5.74) is 4.40. The van der Waals surface area contributed by atoms with Crippen molar-refractivity contribution in [2.75, 3.05) is 19.0 Å². The Morgan fingerprint density at radius 1 is 1.26 bits per heavy atom. The van der Waals surface area contributed by atoms with Gasteiger partial charge in [-0.3, -0.25) is 4.90 Å². The Morgan fingerprint density at radius 2 is 2.14 bits per heavy atom. The number of halogens is 2. The van der Waals surface area contributed by atoms with Crippen LogP contribution < -0.4 is 5.32 Å². The van der Waals surface area contributed by atoms with Crippen molar-refractivity contribution >= 4 is 23.3 Å². The molecule has 1 aliphatic heterocycles. The van der Waals surface area contributed by atoms with Crippen molar-refractivity contribution in [1.29, 1.82) is 0 Å². The molecule has 5 rings (SSSR count). The Hall–Kier alpha value is -3.24. The molecule has 3 aromatic heterocycles. The fourth-order valence-corrected chi connectivity index (χ4v) is 4.68. The van der Waals surface area contributed by atoms with E-state index in [2.05, 4.69) is 37.2 Å². The Labute approximate surface area is 206 Å². The molecule has 4 aromatic rings. The lowest BCUT2D eigenvalue weighted by Gasteiger charge is -2.36. The molecule has 0 saturated carbocycles. The summed E-state index contributed by atoms with van der Waals surface area (Å²) >= 11 is 6.51. The second-order valence-corrected chi connectivity index (χ2v) is 8.92. The first-order chi connectivity index (χ1) is 17.0. The molecule has 4 heterocycles. The van der Waals surface area contributed by atoms with Gasteiger partial charge in [-0.05, 0) is 35.4 Å². The molecule has 10 heteroatoms. The molecule has 35 heavy (non-hydrogen) atoms. The van der Waals surface area contributed by atoms with Gasteiger partial charge in [-0.2, -0.15) is 0 Å². The number of aromatic nitrogens is 3. The van der Waals surface area contributed by atoms with Crippen LogP contribution in [0.4, 0.5) is 16.1 Å². The van der Waals surface area contributed by atoms with Crippen LogP contribution in [0, 0.1) is 5.82 Å². The third kappa shape index (κ3) is 5.08. The molecule has 0 unspecified atom stereocenters. The fraction of sp³-hybridized carbons (Fsp3) is 0.280. The second-order valence-electron chi connectivity index (χ2n) is 8.51. The Balaban J connectivity index is 1.43. The topological polar surface area (TPSA) is 88.6 Å². The van der Waals surface area contributed by atoms with Crippen LogP contribution in [-0.2, 0) is 31.0 Å². The molecule has 0 fully saturated rings. The molecule has 1 aromatic carbocycles. The molecule has 1 atom stereocenters. The highest BCUT2D eigenvalue weighted by atomic mass is 35.5. The minimum atomic E-state index is -0.315. The molecule has 0 aliphatic carbocycles. The van der Waals surface area contributed by atoms with E-state index < -0.39 is 0 Å². The third-order valence-electron chi connectivity index (χ3n) is 6.20.